The van der Waals surface area contributed by atoms with E-state index in [1.54, 1.807) is 11.8 Å². The maximum atomic E-state index is 12.0. The third-order valence-electron chi connectivity index (χ3n) is 3.36. The second-order valence-corrected chi connectivity index (χ2v) is 4.41. The van der Waals surface area contributed by atoms with Crippen molar-refractivity contribution >= 4 is 11.7 Å². The molecule has 0 saturated carbocycles. The average Bonchev–Trinajstić information content (AvgIpc) is 2.49. The van der Waals surface area contributed by atoms with Crippen LogP contribution in [0.3, 0.4) is 0 Å². The van der Waals surface area contributed by atoms with Gasteiger partial charge in [0.25, 0.3) is 0 Å². The molecule has 0 fully saturated rings. The van der Waals surface area contributed by atoms with Crippen LogP contribution in [0.15, 0.2) is 18.2 Å². The highest BCUT2D eigenvalue weighted by Gasteiger charge is 2.22. The van der Waals surface area contributed by atoms with Crippen molar-refractivity contribution in [2.24, 2.45) is 0 Å². The Morgan fingerprint density at radius 2 is 2.18 bits per heavy atom. The second kappa shape index (κ2) is 4.70. The van der Waals surface area contributed by atoms with Crippen LogP contribution in [0.4, 0.5) is 0 Å². The number of carbonyl (C=O) groups is 2. The predicted octanol–water partition coefficient (Wildman–Crippen LogP) is 2.18. The fourth-order valence-electron chi connectivity index (χ4n) is 2.32. The van der Waals surface area contributed by atoms with Crippen LogP contribution in [0, 0.1) is 0 Å². The Hall–Kier alpha value is -1.64. The summed E-state index contributed by atoms with van der Waals surface area (Å²) in [5.41, 5.74) is 3.00. The minimum Gasteiger partial charge on any atom is -0.338 e. The summed E-state index contributed by atoms with van der Waals surface area (Å²) in [6.07, 6.45) is 1.32. The van der Waals surface area contributed by atoms with Crippen LogP contribution in [0.2, 0.25) is 0 Å². The standard InChI is InChI=1S/C14H17NO2/c1-3-11-5-4-6-12-13(11)9-15(10(2)16)8-7-14(12)17/h4-6H,3,7-9H2,1-2H3. The van der Waals surface area contributed by atoms with Crippen molar-refractivity contribution in [3.63, 3.8) is 0 Å². The van der Waals surface area contributed by atoms with Crippen molar-refractivity contribution in [2.75, 3.05) is 6.54 Å². The molecule has 0 bridgehead atoms. The third-order valence-corrected chi connectivity index (χ3v) is 3.36. The number of hydrogen-bond acceptors (Lipinski definition) is 2. The molecule has 90 valence electrons. The number of hydrogen-bond donors (Lipinski definition) is 0. The lowest BCUT2D eigenvalue weighted by molar-refractivity contribution is -0.129. The van der Waals surface area contributed by atoms with E-state index in [1.165, 1.54) is 5.56 Å². The van der Waals surface area contributed by atoms with Gasteiger partial charge in [-0.2, -0.15) is 0 Å². The first kappa shape index (κ1) is 11.8. The van der Waals surface area contributed by atoms with Gasteiger partial charge in [0.05, 0.1) is 0 Å². The lowest BCUT2D eigenvalue weighted by Gasteiger charge is -2.19. The first-order valence-electron chi connectivity index (χ1n) is 6.03. The van der Waals surface area contributed by atoms with Crippen molar-refractivity contribution in [3.05, 3.63) is 34.9 Å². The molecule has 0 spiro atoms. The van der Waals surface area contributed by atoms with Gasteiger partial charge < -0.3 is 4.90 Å². The fraction of sp³-hybridized carbons (Fsp3) is 0.429. The lowest BCUT2D eigenvalue weighted by Crippen LogP contribution is -2.28. The highest BCUT2D eigenvalue weighted by Crippen LogP contribution is 2.22. The molecule has 1 amide bonds. The zero-order valence-electron chi connectivity index (χ0n) is 10.3. The van der Waals surface area contributed by atoms with Crippen molar-refractivity contribution < 1.29 is 9.59 Å². The zero-order valence-corrected chi connectivity index (χ0v) is 10.3. The second-order valence-electron chi connectivity index (χ2n) is 4.41. The first-order chi connectivity index (χ1) is 8.13. The quantitative estimate of drug-likeness (QED) is 0.743. The topological polar surface area (TPSA) is 37.4 Å². The molecule has 0 N–H and O–H groups in total. The van der Waals surface area contributed by atoms with Crippen LogP contribution in [-0.2, 0) is 17.8 Å². The molecular formula is C14H17NO2. The number of nitrogens with zero attached hydrogens (tertiary/aromatic N) is 1. The van der Waals surface area contributed by atoms with Crippen LogP contribution < -0.4 is 0 Å². The summed E-state index contributed by atoms with van der Waals surface area (Å²) < 4.78 is 0. The molecule has 0 atom stereocenters. The first-order valence-corrected chi connectivity index (χ1v) is 6.03. The monoisotopic (exact) mass is 231 g/mol. The van der Waals surface area contributed by atoms with Gasteiger partial charge in [-0.3, -0.25) is 9.59 Å². The van der Waals surface area contributed by atoms with Gasteiger partial charge in [0.2, 0.25) is 5.91 Å². The number of amides is 1. The van der Waals surface area contributed by atoms with Crippen LogP contribution in [0.1, 0.15) is 41.8 Å². The molecule has 0 aliphatic carbocycles. The van der Waals surface area contributed by atoms with Crippen LogP contribution in [0.25, 0.3) is 0 Å². The summed E-state index contributed by atoms with van der Waals surface area (Å²) in [5, 5.41) is 0. The van der Waals surface area contributed by atoms with E-state index < -0.39 is 0 Å². The number of rotatable bonds is 1. The number of benzene rings is 1. The molecule has 2 rings (SSSR count). The van der Waals surface area contributed by atoms with Crippen LogP contribution in [-0.4, -0.2) is 23.1 Å². The number of Topliss-reactive ketones (excluding diaryl/α,β-unsaturated/α-hetero) is 1. The third kappa shape index (κ3) is 2.23. The molecule has 0 unspecified atom stereocenters. The molecule has 0 saturated heterocycles. The highest BCUT2D eigenvalue weighted by atomic mass is 16.2. The number of aryl methyl sites for hydroxylation is 1. The van der Waals surface area contributed by atoms with Crippen molar-refractivity contribution in [1.82, 2.24) is 4.90 Å². The van der Waals surface area contributed by atoms with Crippen LogP contribution >= 0.6 is 0 Å². The molecule has 1 aliphatic rings. The van der Waals surface area contributed by atoms with Gasteiger partial charge in [0.15, 0.2) is 5.78 Å². The summed E-state index contributed by atoms with van der Waals surface area (Å²) in [6.45, 7) is 4.74. The van der Waals surface area contributed by atoms with Gasteiger partial charge in [0.1, 0.15) is 0 Å². The van der Waals surface area contributed by atoms with Crippen molar-refractivity contribution in [1.29, 1.82) is 0 Å². The molecule has 1 aliphatic heterocycles. The summed E-state index contributed by atoms with van der Waals surface area (Å²) >= 11 is 0. The van der Waals surface area contributed by atoms with E-state index in [1.807, 2.05) is 18.2 Å². The normalized spacial score (nSPS) is 15.4. The van der Waals surface area contributed by atoms with Gasteiger partial charge in [0, 0.05) is 32.0 Å². The highest BCUT2D eigenvalue weighted by molar-refractivity contribution is 5.98. The van der Waals surface area contributed by atoms with E-state index in [9.17, 15) is 9.59 Å². The van der Waals surface area contributed by atoms with Gasteiger partial charge in [-0.1, -0.05) is 25.1 Å². The molecule has 3 nitrogen and oxygen atoms in total. The zero-order chi connectivity index (χ0) is 12.4. The number of fused-ring (bicyclic) bond motifs is 1. The molecule has 17 heavy (non-hydrogen) atoms. The van der Waals surface area contributed by atoms with Gasteiger partial charge in [-0.25, -0.2) is 0 Å². The van der Waals surface area contributed by atoms with Crippen molar-refractivity contribution in [3.8, 4) is 0 Å². The maximum absolute atomic E-state index is 12.0. The average molecular weight is 231 g/mol. The van der Waals surface area contributed by atoms with E-state index in [0.717, 1.165) is 17.5 Å². The van der Waals surface area contributed by atoms with E-state index >= 15 is 0 Å². The SMILES string of the molecule is CCc1cccc2c1CN(C(C)=O)CCC2=O. The summed E-state index contributed by atoms with van der Waals surface area (Å²) in [6, 6.07) is 5.84. The number of carbonyl (C=O) groups excluding carboxylic acids is 2. The molecule has 0 radical (unpaired) electrons. The Labute approximate surface area is 101 Å². The Kier molecular flexibility index (Phi) is 3.27. The van der Waals surface area contributed by atoms with Gasteiger partial charge in [-0.05, 0) is 17.5 Å². The predicted molar refractivity (Wildman–Crippen MR) is 65.9 cm³/mol. The minimum absolute atomic E-state index is 0.0385. The van der Waals surface area contributed by atoms with E-state index in [2.05, 4.69) is 6.92 Å². The Bertz CT molecular complexity index is 465. The summed E-state index contributed by atoms with van der Waals surface area (Å²) in [5.74, 6) is 0.190. The van der Waals surface area contributed by atoms with Gasteiger partial charge in [-0.15, -0.1) is 0 Å². The largest absolute Gasteiger partial charge is 0.338 e. The molecule has 1 aromatic carbocycles. The molecule has 3 heteroatoms. The Morgan fingerprint density at radius 3 is 2.82 bits per heavy atom. The van der Waals surface area contributed by atoms with E-state index in [0.29, 0.717) is 19.5 Å². The fourth-order valence-corrected chi connectivity index (χ4v) is 2.32. The Balaban J connectivity index is 2.48. The van der Waals surface area contributed by atoms with Crippen molar-refractivity contribution in [2.45, 2.75) is 33.2 Å². The molecule has 0 aromatic heterocycles. The maximum Gasteiger partial charge on any atom is 0.219 e. The van der Waals surface area contributed by atoms with Crippen LogP contribution in [0.5, 0.6) is 0 Å². The lowest BCUT2D eigenvalue weighted by atomic mass is 9.96. The Morgan fingerprint density at radius 1 is 1.41 bits per heavy atom. The van der Waals surface area contributed by atoms with E-state index in [-0.39, 0.29) is 11.7 Å². The smallest absolute Gasteiger partial charge is 0.219 e. The molecular weight excluding hydrogens is 214 g/mol. The summed E-state index contributed by atoms with van der Waals surface area (Å²) in [4.78, 5) is 25.2. The minimum atomic E-state index is 0.0385. The molecule has 1 aromatic rings. The molecule has 1 heterocycles. The number of ketones is 1. The van der Waals surface area contributed by atoms with Gasteiger partial charge >= 0.3 is 0 Å². The van der Waals surface area contributed by atoms with E-state index in [4.69, 9.17) is 0 Å². The summed E-state index contributed by atoms with van der Waals surface area (Å²) in [7, 11) is 0.